The van der Waals surface area contributed by atoms with Gasteiger partial charge in [0.1, 0.15) is 11.6 Å². The molecule has 0 fully saturated rings. The fraction of sp³-hybridized carbons (Fsp3) is 0.278. The van der Waals surface area contributed by atoms with E-state index in [1.807, 2.05) is 19.1 Å². The molecule has 24 heavy (non-hydrogen) atoms. The van der Waals surface area contributed by atoms with Crippen molar-refractivity contribution in [3.63, 3.8) is 0 Å². The first-order chi connectivity index (χ1) is 11.2. The third kappa shape index (κ3) is 6.74. The minimum atomic E-state index is -0.244. The van der Waals surface area contributed by atoms with Gasteiger partial charge < -0.3 is 15.7 Å². The van der Waals surface area contributed by atoms with E-state index in [1.54, 1.807) is 30.3 Å². The summed E-state index contributed by atoms with van der Waals surface area (Å²) in [5.41, 5.74) is 1.61. The maximum Gasteiger partial charge on any atom is 0.191 e. The van der Waals surface area contributed by atoms with Crippen LogP contribution in [-0.4, -0.2) is 24.2 Å². The van der Waals surface area contributed by atoms with Crippen molar-refractivity contribution in [2.75, 3.05) is 13.1 Å². The number of phenols is 1. The van der Waals surface area contributed by atoms with Crippen molar-refractivity contribution in [3.05, 3.63) is 65.5 Å². The maximum absolute atomic E-state index is 13.6. The van der Waals surface area contributed by atoms with Crippen LogP contribution in [0.5, 0.6) is 5.75 Å². The Hall–Kier alpha value is -1.83. The van der Waals surface area contributed by atoms with Crippen LogP contribution in [0.3, 0.4) is 0 Å². The van der Waals surface area contributed by atoms with E-state index < -0.39 is 0 Å². The van der Waals surface area contributed by atoms with Crippen LogP contribution in [0.2, 0.25) is 0 Å². The molecule has 3 N–H and O–H groups in total. The topological polar surface area (TPSA) is 56.7 Å². The first kappa shape index (κ1) is 20.2. The Balaban J connectivity index is 0.00000288. The van der Waals surface area contributed by atoms with Crippen LogP contribution in [-0.2, 0) is 13.0 Å². The summed E-state index contributed by atoms with van der Waals surface area (Å²) in [6.07, 6.45) is 0.762. The molecule has 0 bridgehead atoms. The molecule has 0 aromatic heterocycles. The lowest BCUT2D eigenvalue weighted by Gasteiger charge is -2.11. The highest BCUT2D eigenvalue weighted by molar-refractivity contribution is 14.0. The molecule has 0 aliphatic carbocycles. The van der Waals surface area contributed by atoms with Crippen LogP contribution in [0, 0.1) is 5.82 Å². The molecule has 0 spiro atoms. The summed E-state index contributed by atoms with van der Waals surface area (Å²) in [7, 11) is 0. The van der Waals surface area contributed by atoms with Gasteiger partial charge in [-0.3, -0.25) is 0 Å². The molecule has 2 aromatic rings. The van der Waals surface area contributed by atoms with Crippen molar-refractivity contribution in [2.45, 2.75) is 19.9 Å². The normalized spacial score (nSPS) is 10.8. The maximum atomic E-state index is 13.6. The van der Waals surface area contributed by atoms with Gasteiger partial charge in [0.05, 0.1) is 6.54 Å². The molecule has 0 aliphatic rings. The third-order valence-electron chi connectivity index (χ3n) is 3.33. The SMILES string of the molecule is CCNC(=NCc1ccccc1F)NCCc1cccc(O)c1.I. The average molecular weight is 443 g/mol. The Kier molecular flexibility index (Phi) is 9.14. The number of aromatic hydroxyl groups is 1. The molecule has 0 radical (unpaired) electrons. The van der Waals surface area contributed by atoms with Gasteiger partial charge in [-0.05, 0) is 37.1 Å². The van der Waals surface area contributed by atoms with E-state index in [0.29, 0.717) is 18.1 Å². The van der Waals surface area contributed by atoms with Crippen LogP contribution in [0.4, 0.5) is 4.39 Å². The van der Waals surface area contributed by atoms with Crippen molar-refractivity contribution >= 4 is 29.9 Å². The Labute approximate surface area is 159 Å². The highest BCUT2D eigenvalue weighted by Crippen LogP contribution is 2.11. The molecule has 0 saturated heterocycles. The largest absolute Gasteiger partial charge is 0.508 e. The summed E-state index contributed by atoms with van der Waals surface area (Å²) in [6, 6.07) is 13.8. The number of halogens is 2. The van der Waals surface area contributed by atoms with Gasteiger partial charge in [-0.1, -0.05) is 30.3 Å². The van der Waals surface area contributed by atoms with Gasteiger partial charge in [0.2, 0.25) is 0 Å². The van der Waals surface area contributed by atoms with E-state index in [9.17, 15) is 9.50 Å². The van der Waals surface area contributed by atoms with Crippen molar-refractivity contribution in [2.24, 2.45) is 4.99 Å². The fourth-order valence-corrected chi connectivity index (χ4v) is 2.17. The van der Waals surface area contributed by atoms with Crippen LogP contribution in [0.15, 0.2) is 53.5 Å². The van der Waals surface area contributed by atoms with Crippen LogP contribution in [0.25, 0.3) is 0 Å². The van der Waals surface area contributed by atoms with E-state index in [2.05, 4.69) is 15.6 Å². The molecule has 4 nitrogen and oxygen atoms in total. The number of benzene rings is 2. The Morgan fingerprint density at radius 3 is 2.62 bits per heavy atom. The Bertz CT molecular complexity index is 664. The van der Waals surface area contributed by atoms with Crippen LogP contribution >= 0.6 is 24.0 Å². The molecule has 2 rings (SSSR count). The Morgan fingerprint density at radius 2 is 1.92 bits per heavy atom. The summed E-state index contributed by atoms with van der Waals surface area (Å²) in [5, 5.41) is 15.8. The van der Waals surface area contributed by atoms with Gasteiger partial charge in [-0.25, -0.2) is 9.38 Å². The second-order valence-electron chi connectivity index (χ2n) is 5.13. The number of phenolic OH excluding ortho intramolecular Hbond substituents is 1. The predicted molar refractivity (Wildman–Crippen MR) is 106 cm³/mol. The number of rotatable bonds is 6. The van der Waals surface area contributed by atoms with Gasteiger partial charge in [0.25, 0.3) is 0 Å². The van der Waals surface area contributed by atoms with Crippen molar-refractivity contribution in [1.82, 2.24) is 10.6 Å². The zero-order chi connectivity index (χ0) is 16.5. The van der Waals surface area contributed by atoms with E-state index >= 15 is 0 Å². The van der Waals surface area contributed by atoms with Crippen LogP contribution < -0.4 is 10.6 Å². The monoisotopic (exact) mass is 443 g/mol. The fourth-order valence-electron chi connectivity index (χ4n) is 2.17. The molecule has 0 amide bonds. The molecule has 0 heterocycles. The second-order valence-corrected chi connectivity index (χ2v) is 5.13. The minimum absolute atomic E-state index is 0. The minimum Gasteiger partial charge on any atom is -0.508 e. The number of hydrogen-bond acceptors (Lipinski definition) is 2. The number of nitrogens with zero attached hydrogens (tertiary/aromatic N) is 1. The van der Waals surface area contributed by atoms with Gasteiger partial charge in [0.15, 0.2) is 5.96 Å². The van der Waals surface area contributed by atoms with Crippen LogP contribution in [0.1, 0.15) is 18.1 Å². The van der Waals surface area contributed by atoms with Crippen molar-refractivity contribution in [1.29, 1.82) is 0 Å². The highest BCUT2D eigenvalue weighted by atomic mass is 127. The summed E-state index contributed by atoms with van der Waals surface area (Å²) in [5.74, 6) is 0.672. The molecule has 2 aromatic carbocycles. The summed E-state index contributed by atoms with van der Waals surface area (Å²) in [6.45, 7) is 3.67. The van der Waals surface area contributed by atoms with Crippen molar-refractivity contribution in [3.8, 4) is 5.75 Å². The molecule has 130 valence electrons. The van der Waals surface area contributed by atoms with Gasteiger partial charge >= 0.3 is 0 Å². The first-order valence-corrected chi connectivity index (χ1v) is 7.72. The summed E-state index contributed by atoms with van der Waals surface area (Å²) < 4.78 is 13.6. The molecule has 0 atom stereocenters. The zero-order valence-corrected chi connectivity index (χ0v) is 16.0. The van der Waals surface area contributed by atoms with E-state index in [0.717, 1.165) is 18.5 Å². The number of hydrogen-bond donors (Lipinski definition) is 3. The molecule has 0 unspecified atom stereocenters. The molecule has 0 aliphatic heterocycles. The predicted octanol–water partition coefficient (Wildman–Crippen LogP) is 3.45. The lowest BCUT2D eigenvalue weighted by molar-refractivity contribution is 0.474. The lowest BCUT2D eigenvalue weighted by atomic mass is 10.1. The standard InChI is InChI=1S/C18H22FN3O.HI/c1-2-20-18(22-13-15-7-3-4-9-17(15)19)21-11-10-14-6-5-8-16(23)12-14;/h3-9,12,23H,2,10-11,13H2,1H3,(H2,20,21,22);1H. The number of nitrogens with one attached hydrogen (secondary N) is 2. The first-order valence-electron chi connectivity index (χ1n) is 7.72. The van der Waals surface area contributed by atoms with Gasteiger partial charge in [-0.2, -0.15) is 0 Å². The molecule has 6 heteroatoms. The quantitative estimate of drug-likeness (QED) is 0.364. The van der Waals surface area contributed by atoms with Crippen molar-refractivity contribution < 1.29 is 9.50 Å². The Morgan fingerprint density at radius 1 is 1.12 bits per heavy atom. The highest BCUT2D eigenvalue weighted by Gasteiger charge is 2.02. The number of guanidine groups is 1. The number of aliphatic imine (C=N–C) groups is 1. The molecule has 0 saturated carbocycles. The van der Waals surface area contributed by atoms with Gasteiger partial charge in [0, 0.05) is 18.7 Å². The zero-order valence-electron chi connectivity index (χ0n) is 13.6. The summed E-state index contributed by atoms with van der Waals surface area (Å²) >= 11 is 0. The summed E-state index contributed by atoms with van der Waals surface area (Å²) in [4.78, 5) is 4.40. The second kappa shape index (κ2) is 10.9. The lowest BCUT2D eigenvalue weighted by Crippen LogP contribution is -2.38. The van der Waals surface area contributed by atoms with E-state index in [4.69, 9.17) is 0 Å². The molecular formula is C18H23FIN3O. The van der Waals surface area contributed by atoms with E-state index in [-0.39, 0.29) is 42.1 Å². The van der Waals surface area contributed by atoms with E-state index in [1.165, 1.54) is 6.07 Å². The third-order valence-corrected chi connectivity index (χ3v) is 3.33. The molecular weight excluding hydrogens is 420 g/mol. The van der Waals surface area contributed by atoms with Gasteiger partial charge in [-0.15, -0.1) is 24.0 Å². The average Bonchev–Trinajstić information content (AvgIpc) is 2.54. The smallest absolute Gasteiger partial charge is 0.191 e.